The molecule has 0 unspecified atom stereocenters. The van der Waals surface area contributed by atoms with Gasteiger partial charge in [-0.1, -0.05) is 0 Å². The van der Waals surface area contributed by atoms with Gasteiger partial charge in [0.15, 0.2) is 0 Å². The van der Waals surface area contributed by atoms with Crippen LogP contribution in [0.5, 0.6) is 0 Å². The Morgan fingerprint density at radius 1 is 0.767 bits per heavy atom. The van der Waals surface area contributed by atoms with Crippen LogP contribution in [0.2, 0.25) is 0 Å². The fourth-order valence-electron chi connectivity index (χ4n) is 1.37. The second-order valence-electron chi connectivity index (χ2n) is 5.59. The zero-order valence-corrected chi connectivity index (χ0v) is 14.7. The van der Waals surface area contributed by atoms with Gasteiger partial charge in [-0.05, 0) is 18.8 Å². The second-order valence-corrected chi connectivity index (χ2v) is 5.59. The molecule has 1 saturated carbocycles. The van der Waals surface area contributed by atoms with Gasteiger partial charge in [0, 0.05) is 26.3 Å². The molecule has 30 heavy (non-hydrogen) atoms. The number of hydrogen-bond donors (Lipinski definition) is 4. The lowest BCUT2D eigenvalue weighted by Crippen LogP contribution is -2.24. The number of hydrogen-bond acceptors (Lipinski definition) is 5. The summed E-state index contributed by atoms with van der Waals surface area (Å²) < 4.78 is 95.2. The van der Waals surface area contributed by atoms with Crippen molar-refractivity contribution in [2.24, 2.45) is 5.92 Å². The van der Waals surface area contributed by atoms with Crippen molar-refractivity contribution in [3.63, 3.8) is 0 Å². The number of nitrogens with zero attached hydrogens (tertiary/aromatic N) is 1. The summed E-state index contributed by atoms with van der Waals surface area (Å²) in [7, 11) is 0. The summed E-state index contributed by atoms with van der Waals surface area (Å²) in [4.78, 5) is 29.2. The maximum absolute atomic E-state index is 10.6. The molecule has 1 saturated heterocycles. The van der Waals surface area contributed by atoms with Gasteiger partial charge < -0.3 is 20.6 Å². The Labute approximate surface area is 162 Å². The first kappa shape index (κ1) is 29.9. The van der Waals surface area contributed by atoms with Crippen LogP contribution in [0.15, 0.2) is 0 Å². The fourth-order valence-corrected chi connectivity index (χ4v) is 1.37. The molecular weight excluding hydrogens is 451 g/mol. The van der Waals surface area contributed by atoms with Gasteiger partial charge in [-0.2, -0.15) is 39.5 Å². The van der Waals surface area contributed by atoms with Crippen molar-refractivity contribution in [2.75, 3.05) is 26.3 Å². The van der Waals surface area contributed by atoms with Crippen molar-refractivity contribution in [3.05, 3.63) is 0 Å². The van der Waals surface area contributed by atoms with Crippen LogP contribution in [-0.2, 0) is 14.4 Å². The first-order valence-electron chi connectivity index (χ1n) is 7.61. The van der Waals surface area contributed by atoms with Crippen LogP contribution in [-0.4, -0.2) is 83.0 Å². The van der Waals surface area contributed by atoms with Crippen molar-refractivity contribution in [1.29, 1.82) is 0 Å². The molecule has 0 aromatic rings. The van der Waals surface area contributed by atoms with Crippen molar-refractivity contribution in [2.45, 2.75) is 31.4 Å². The molecule has 0 bridgehead atoms. The molecule has 4 N–H and O–H groups in total. The van der Waals surface area contributed by atoms with E-state index in [1.807, 2.05) is 0 Å². The van der Waals surface area contributed by atoms with Gasteiger partial charge in [-0.25, -0.2) is 14.4 Å². The summed E-state index contributed by atoms with van der Waals surface area (Å²) in [5.41, 5.74) is 0. The molecule has 1 aliphatic heterocycles. The van der Waals surface area contributed by atoms with Crippen LogP contribution in [0.25, 0.3) is 0 Å². The van der Waals surface area contributed by atoms with Crippen molar-refractivity contribution < 1.29 is 69.2 Å². The summed E-state index contributed by atoms with van der Waals surface area (Å²) in [6.07, 6.45) is -12.3. The zero-order chi connectivity index (χ0) is 24.3. The molecule has 0 amide bonds. The van der Waals surface area contributed by atoms with E-state index in [1.165, 1.54) is 32.5 Å². The van der Waals surface area contributed by atoms with Crippen LogP contribution in [0, 0.1) is 5.92 Å². The van der Waals surface area contributed by atoms with Crippen LogP contribution in [0.3, 0.4) is 0 Å². The second kappa shape index (κ2) is 12.4. The highest BCUT2D eigenvalue weighted by Gasteiger charge is 2.39. The number of alkyl halides is 9. The number of rotatable bonds is 2. The van der Waals surface area contributed by atoms with E-state index < -0.39 is 36.4 Å². The van der Waals surface area contributed by atoms with Crippen molar-refractivity contribution >= 4 is 17.9 Å². The predicted octanol–water partition coefficient (Wildman–Crippen LogP) is 2.16. The van der Waals surface area contributed by atoms with Gasteiger partial charge in [0.2, 0.25) is 0 Å². The van der Waals surface area contributed by atoms with E-state index in [0.29, 0.717) is 0 Å². The van der Waals surface area contributed by atoms with E-state index in [-0.39, 0.29) is 0 Å². The number of carboxylic acid groups (broad SMARTS) is 3. The molecule has 1 heterocycles. The van der Waals surface area contributed by atoms with Crippen LogP contribution in [0.1, 0.15) is 12.8 Å². The van der Waals surface area contributed by atoms with Gasteiger partial charge in [0.05, 0.1) is 0 Å². The number of aliphatic carboxylic acids is 3. The van der Waals surface area contributed by atoms with Gasteiger partial charge in [-0.15, -0.1) is 0 Å². The maximum Gasteiger partial charge on any atom is 0.490 e. The summed E-state index contributed by atoms with van der Waals surface area (Å²) in [5, 5.41) is 24.7. The van der Waals surface area contributed by atoms with Gasteiger partial charge in [-0.3, -0.25) is 4.90 Å². The molecule has 0 spiro atoms. The van der Waals surface area contributed by atoms with Gasteiger partial charge >= 0.3 is 36.4 Å². The third kappa shape index (κ3) is 17.8. The van der Waals surface area contributed by atoms with E-state index in [0.717, 1.165) is 12.6 Å². The maximum atomic E-state index is 10.6. The molecule has 2 aliphatic rings. The fraction of sp³-hybridized carbons (Fsp3) is 0.769. The first-order chi connectivity index (χ1) is 13.3. The molecule has 2 fully saturated rings. The molecule has 2 rings (SSSR count). The first-order valence-corrected chi connectivity index (χ1v) is 7.61. The van der Waals surface area contributed by atoms with Crippen molar-refractivity contribution in [3.8, 4) is 0 Å². The molecule has 0 aromatic heterocycles. The number of carboxylic acids is 3. The molecule has 1 aliphatic carbocycles. The minimum atomic E-state index is -5.08. The SMILES string of the molecule is C1CN(CC2CC2)CN1.O=C(O)C(F)(F)F.O=C(O)C(F)(F)F.O=C(O)C(F)(F)F. The average Bonchev–Trinajstić information content (AvgIpc) is 3.19. The highest BCUT2D eigenvalue weighted by atomic mass is 19.4. The van der Waals surface area contributed by atoms with E-state index >= 15 is 0 Å². The molecule has 178 valence electrons. The summed E-state index contributed by atoms with van der Waals surface area (Å²) in [6, 6.07) is 0. The molecule has 0 aromatic carbocycles. The standard InChI is InChI=1S/C7H14N2.3C2HF3O2/c1-2-7(1)5-9-4-3-8-6-9;3*3-2(4,5)1(6)7/h7-8H,1-6H2;3*(H,6,7). The Morgan fingerprint density at radius 2 is 1.07 bits per heavy atom. The predicted molar refractivity (Wildman–Crippen MR) is 78.2 cm³/mol. The molecule has 0 atom stereocenters. The average molecular weight is 468 g/mol. The topological polar surface area (TPSA) is 127 Å². The number of nitrogens with one attached hydrogen (secondary N) is 1. The van der Waals surface area contributed by atoms with Gasteiger partial charge in [0.1, 0.15) is 0 Å². The Hall–Kier alpha value is -2.30. The number of carbonyl (C=O) groups is 3. The minimum Gasteiger partial charge on any atom is -0.475 e. The quantitative estimate of drug-likeness (QED) is 0.455. The molecule has 8 nitrogen and oxygen atoms in total. The lowest BCUT2D eigenvalue weighted by atomic mass is 10.4. The third-order valence-corrected chi connectivity index (χ3v) is 2.88. The lowest BCUT2D eigenvalue weighted by molar-refractivity contribution is -0.193. The van der Waals surface area contributed by atoms with Crippen LogP contribution >= 0.6 is 0 Å². The zero-order valence-electron chi connectivity index (χ0n) is 14.7. The van der Waals surface area contributed by atoms with Crippen LogP contribution in [0.4, 0.5) is 39.5 Å². The lowest BCUT2D eigenvalue weighted by Gasteiger charge is -2.11. The van der Waals surface area contributed by atoms with E-state index in [4.69, 9.17) is 29.7 Å². The highest BCUT2D eigenvalue weighted by molar-refractivity contribution is 5.73. The summed E-state index contributed by atoms with van der Waals surface area (Å²) in [5.74, 6) is -7.21. The molecule has 17 heteroatoms. The Balaban J connectivity index is 0. The van der Waals surface area contributed by atoms with E-state index in [1.54, 1.807) is 0 Å². The third-order valence-electron chi connectivity index (χ3n) is 2.88. The Kier molecular flexibility index (Phi) is 12.4. The normalized spacial score (nSPS) is 16.7. The van der Waals surface area contributed by atoms with Gasteiger partial charge in [0.25, 0.3) is 0 Å². The van der Waals surface area contributed by atoms with E-state index in [2.05, 4.69) is 10.2 Å². The van der Waals surface area contributed by atoms with Crippen LogP contribution < -0.4 is 5.32 Å². The number of halogens is 9. The minimum absolute atomic E-state index is 1.06. The summed E-state index contributed by atoms with van der Waals surface area (Å²) >= 11 is 0. The monoisotopic (exact) mass is 468 g/mol. The van der Waals surface area contributed by atoms with E-state index in [9.17, 15) is 39.5 Å². The Bertz CT molecular complexity index is 496. The molecule has 0 radical (unpaired) electrons. The molecular formula is C13H17F9N2O6. The Morgan fingerprint density at radius 3 is 1.23 bits per heavy atom. The largest absolute Gasteiger partial charge is 0.490 e. The highest BCUT2D eigenvalue weighted by Crippen LogP contribution is 2.29. The smallest absolute Gasteiger partial charge is 0.475 e. The summed E-state index contributed by atoms with van der Waals surface area (Å²) in [6.45, 7) is 4.97. The van der Waals surface area contributed by atoms with Crippen molar-refractivity contribution in [1.82, 2.24) is 10.2 Å².